The summed E-state index contributed by atoms with van der Waals surface area (Å²) in [6.07, 6.45) is 2.91. The molecule has 3 rings (SSSR count). The fourth-order valence-corrected chi connectivity index (χ4v) is 4.74. The van der Waals surface area contributed by atoms with Gasteiger partial charge in [-0.05, 0) is 41.5 Å². The zero-order chi connectivity index (χ0) is 23.8. The van der Waals surface area contributed by atoms with Crippen LogP contribution in [-0.2, 0) is 35.6 Å². The Morgan fingerprint density at radius 1 is 1.09 bits per heavy atom. The second-order valence-corrected chi connectivity index (χ2v) is 9.69. The van der Waals surface area contributed by atoms with Gasteiger partial charge in [0.25, 0.3) is 0 Å². The minimum atomic E-state index is -3.58. The molecule has 8 nitrogen and oxygen atoms in total. The number of nitrogens with zero attached hydrogens (tertiary/aromatic N) is 2. The molecule has 1 aliphatic rings. The van der Waals surface area contributed by atoms with Crippen LogP contribution in [0.4, 0.5) is 0 Å². The first kappa shape index (κ1) is 24.9. The maximum atomic E-state index is 12.8. The zero-order valence-electron chi connectivity index (χ0n) is 18.1. The van der Waals surface area contributed by atoms with Gasteiger partial charge in [-0.1, -0.05) is 35.9 Å². The SMILES string of the molecule is COC(=O)CN(Cc1ccc(Cl)cc1)C(=O)/C=C/c1ccc(S(=O)(=O)N2CCOCC2)cc1. The van der Waals surface area contributed by atoms with E-state index in [0.717, 1.165) is 5.56 Å². The summed E-state index contributed by atoms with van der Waals surface area (Å²) in [6.45, 7) is 1.38. The number of carbonyl (C=O) groups excluding carboxylic acids is 2. The summed E-state index contributed by atoms with van der Waals surface area (Å²) in [5.41, 5.74) is 1.46. The van der Waals surface area contributed by atoms with Crippen molar-refractivity contribution in [2.45, 2.75) is 11.4 Å². The van der Waals surface area contributed by atoms with Crippen LogP contribution in [0, 0.1) is 0 Å². The molecule has 1 fully saturated rings. The maximum Gasteiger partial charge on any atom is 0.325 e. The number of benzene rings is 2. The summed E-state index contributed by atoms with van der Waals surface area (Å²) in [6, 6.07) is 13.2. The molecule has 33 heavy (non-hydrogen) atoms. The average Bonchev–Trinajstić information content (AvgIpc) is 2.84. The molecule has 0 aromatic heterocycles. The Kier molecular flexibility index (Phi) is 8.62. The van der Waals surface area contributed by atoms with E-state index in [1.165, 1.54) is 34.5 Å². The summed E-state index contributed by atoms with van der Waals surface area (Å²) in [7, 11) is -2.32. The number of hydrogen-bond donors (Lipinski definition) is 0. The van der Waals surface area contributed by atoms with Gasteiger partial charge in [-0.15, -0.1) is 0 Å². The number of amides is 1. The quantitative estimate of drug-likeness (QED) is 0.415. The van der Waals surface area contributed by atoms with Crippen LogP contribution in [0.3, 0.4) is 0 Å². The summed E-state index contributed by atoms with van der Waals surface area (Å²) in [5.74, 6) is -0.927. The van der Waals surface area contributed by atoms with Crippen molar-refractivity contribution in [2.75, 3.05) is 40.0 Å². The first-order valence-electron chi connectivity index (χ1n) is 10.3. The highest BCUT2D eigenvalue weighted by atomic mass is 35.5. The first-order chi connectivity index (χ1) is 15.8. The Balaban J connectivity index is 1.70. The molecular formula is C23H25ClN2O6S. The molecule has 0 radical (unpaired) electrons. The van der Waals surface area contributed by atoms with Gasteiger partial charge in [-0.25, -0.2) is 8.42 Å². The Morgan fingerprint density at radius 2 is 1.73 bits per heavy atom. The molecule has 2 aromatic carbocycles. The lowest BCUT2D eigenvalue weighted by atomic mass is 10.2. The molecule has 0 bridgehead atoms. The van der Waals surface area contributed by atoms with Crippen LogP contribution < -0.4 is 0 Å². The molecule has 2 aromatic rings. The standard InChI is InChI=1S/C23H25ClN2O6S/c1-31-23(28)17-25(16-19-2-7-20(24)8-3-19)22(27)11-6-18-4-9-21(10-5-18)33(29,30)26-12-14-32-15-13-26/h2-11H,12-17H2,1H3/b11-6+. The summed E-state index contributed by atoms with van der Waals surface area (Å²) < 4.78 is 36.7. The number of sulfonamides is 1. The Hall–Kier alpha value is -2.72. The van der Waals surface area contributed by atoms with Crippen molar-refractivity contribution in [3.63, 3.8) is 0 Å². The van der Waals surface area contributed by atoms with Gasteiger partial charge in [0.15, 0.2) is 0 Å². The molecular weight excluding hydrogens is 468 g/mol. The molecule has 1 saturated heterocycles. The van der Waals surface area contributed by atoms with Crippen LogP contribution in [0.1, 0.15) is 11.1 Å². The van der Waals surface area contributed by atoms with E-state index in [4.69, 9.17) is 21.1 Å². The maximum absolute atomic E-state index is 12.8. The second kappa shape index (κ2) is 11.4. The molecule has 0 saturated carbocycles. The van der Waals surface area contributed by atoms with Crippen LogP contribution in [0.5, 0.6) is 0 Å². The van der Waals surface area contributed by atoms with Crippen molar-refractivity contribution in [1.29, 1.82) is 0 Å². The van der Waals surface area contributed by atoms with E-state index in [2.05, 4.69) is 0 Å². The van der Waals surface area contributed by atoms with E-state index in [0.29, 0.717) is 36.9 Å². The molecule has 10 heteroatoms. The van der Waals surface area contributed by atoms with Gasteiger partial charge in [0.05, 0.1) is 25.2 Å². The number of methoxy groups -OCH3 is 1. The number of rotatable bonds is 8. The van der Waals surface area contributed by atoms with Gasteiger partial charge in [0.1, 0.15) is 6.54 Å². The van der Waals surface area contributed by atoms with Gasteiger partial charge < -0.3 is 14.4 Å². The number of esters is 1. The minimum Gasteiger partial charge on any atom is -0.468 e. The van der Waals surface area contributed by atoms with E-state index in [-0.39, 0.29) is 23.9 Å². The largest absolute Gasteiger partial charge is 0.468 e. The van der Waals surface area contributed by atoms with Crippen LogP contribution in [-0.4, -0.2) is 69.5 Å². The fourth-order valence-electron chi connectivity index (χ4n) is 3.20. The van der Waals surface area contributed by atoms with Crippen LogP contribution in [0.25, 0.3) is 6.08 Å². The zero-order valence-corrected chi connectivity index (χ0v) is 19.7. The van der Waals surface area contributed by atoms with Crippen molar-refractivity contribution in [1.82, 2.24) is 9.21 Å². The number of carbonyl (C=O) groups is 2. The van der Waals surface area contributed by atoms with Crippen molar-refractivity contribution in [3.05, 3.63) is 70.8 Å². The van der Waals surface area contributed by atoms with Gasteiger partial charge in [-0.3, -0.25) is 9.59 Å². The lowest BCUT2D eigenvalue weighted by molar-refractivity contribution is -0.145. The van der Waals surface area contributed by atoms with Crippen molar-refractivity contribution < 1.29 is 27.5 Å². The third-order valence-corrected chi connectivity index (χ3v) is 7.22. The molecule has 0 unspecified atom stereocenters. The predicted molar refractivity (Wildman–Crippen MR) is 124 cm³/mol. The lowest BCUT2D eigenvalue weighted by Gasteiger charge is -2.26. The smallest absolute Gasteiger partial charge is 0.325 e. The average molecular weight is 493 g/mol. The van der Waals surface area contributed by atoms with Crippen molar-refractivity contribution >= 4 is 39.6 Å². The van der Waals surface area contributed by atoms with E-state index >= 15 is 0 Å². The van der Waals surface area contributed by atoms with Gasteiger partial charge in [0, 0.05) is 30.7 Å². The molecule has 176 valence electrons. The molecule has 0 aliphatic carbocycles. The van der Waals surface area contributed by atoms with E-state index in [1.54, 1.807) is 42.5 Å². The van der Waals surface area contributed by atoms with E-state index < -0.39 is 16.0 Å². The molecule has 1 amide bonds. The molecule has 0 spiro atoms. The van der Waals surface area contributed by atoms with E-state index in [9.17, 15) is 18.0 Å². The Morgan fingerprint density at radius 3 is 2.33 bits per heavy atom. The molecule has 1 aliphatic heterocycles. The minimum absolute atomic E-state index is 0.183. The fraction of sp³-hybridized carbons (Fsp3) is 0.304. The lowest BCUT2D eigenvalue weighted by Crippen LogP contribution is -2.40. The highest BCUT2D eigenvalue weighted by Crippen LogP contribution is 2.18. The van der Waals surface area contributed by atoms with Crippen LogP contribution >= 0.6 is 11.6 Å². The summed E-state index contributed by atoms with van der Waals surface area (Å²) >= 11 is 5.91. The topological polar surface area (TPSA) is 93.2 Å². The number of morpholine rings is 1. The number of halogens is 1. The highest BCUT2D eigenvalue weighted by Gasteiger charge is 2.26. The summed E-state index contributed by atoms with van der Waals surface area (Å²) in [4.78, 5) is 26.1. The molecule has 0 atom stereocenters. The van der Waals surface area contributed by atoms with Gasteiger partial charge >= 0.3 is 5.97 Å². The predicted octanol–water partition coefficient (Wildman–Crippen LogP) is 2.58. The number of ether oxygens (including phenoxy) is 2. The van der Waals surface area contributed by atoms with E-state index in [1.807, 2.05) is 0 Å². The highest BCUT2D eigenvalue weighted by molar-refractivity contribution is 7.89. The normalized spacial score (nSPS) is 14.8. The monoisotopic (exact) mass is 492 g/mol. The third-order valence-electron chi connectivity index (χ3n) is 5.05. The van der Waals surface area contributed by atoms with Crippen LogP contribution in [0.15, 0.2) is 59.5 Å². The molecule has 0 N–H and O–H groups in total. The third kappa shape index (κ3) is 6.88. The second-order valence-electron chi connectivity index (χ2n) is 7.32. The Labute approximate surface area is 198 Å². The first-order valence-corrected chi connectivity index (χ1v) is 12.1. The number of hydrogen-bond acceptors (Lipinski definition) is 6. The molecule has 1 heterocycles. The van der Waals surface area contributed by atoms with Crippen LogP contribution in [0.2, 0.25) is 5.02 Å². The van der Waals surface area contributed by atoms with Gasteiger partial charge in [0.2, 0.25) is 15.9 Å². The van der Waals surface area contributed by atoms with Crippen molar-refractivity contribution in [2.24, 2.45) is 0 Å². The van der Waals surface area contributed by atoms with Gasteiger partial charge in [-0.2, -0.15) is 4.31 Å². The summed E-state index contributed by atoms with van der Waals surface area (Å²) in [5, 5.41) is 0.573. The van der Waals surface area contributed by atoms with Crippen molar-refractivity contribution in [3.8, 4) is 0 Å². The Bertz CT molecular complexity index is 1090.